The molecule has 128 valence electrons. The Bertz CT molecular complexity index is 908. The first-order valence-electron chi connectivity index (χ1n) is 7.65. The molecule has 3 rings (SSSR count). The highest BCUT2D eigenvalue weighted by molar-refractivity contribution is 7.99. The fraction of sp³-hybridized carbons (Fsp3) is 0.167. The van der Waals surface area contributed by atoms with Gasteiger partial charge in [-0.2, -0.15) is 0 Å². The Morgan fingerprint density at radius 1 is 1.16 bits per heavy atom. The van der Waals surface area contributed by atoms with Gasteiger partial charge in [0, 0.05) is 5.69 Å². The van der Waals surface area contributed by atoms with Crippen molar-refractivity contribution in [2.75, 3.05) is 11.1 Å². The summed E-state index contributed by atoms with van der Waals surface area (Å²) >= 11 is 1.15. The quantitative estimate of drug-likeness (QED) is 0.677. The van der Waals surface area contributed by atoms with Crippen LogP contribution in [0, 0.1) is 13.8 Å². The molecule has 0 saturated carbocycles. The summed E-state index contributed by atoms with van der Waals surface area (Å²) in [5.41, 5.74) is 3.42. The van der Waals surface area contributed by atoms with Crippen molar-refractivity contribution in [1.29, 1.82) is 0 Å². The summed E-state index contributed by atoms with van der Waals surface area (Å²) in [6, 6.07) is 12.5. The molecule has 7 heteroatoms. The summed E-state index contributed by atoms with van der Waals surface area (Å²) in [6.45, 7) is 3.97. The zero-order valence-corrected chi connectivity index (χ0v) is 14.6. The fourth-order valence-corrected chi connectivity index (χ4v) is 2.79. The second kappa shape index (κ2) is 7.40. The van der Waals surface area contributed by atoms with Gasteiger partial charge in [0.1, 0.15) is 5.75 Å². The summed E-state index contributed by atoms with van der Waals surface area (Å²) < 4.78 is 5.49. The van der Waals surface area contributed by atoms with E-state index in [2.05, 4.69) is 15.5 Å². The number of aromatic nitrogens is 2. The average molecular weight is 355 g/mol. The van der Waals surface area contributed by atoms with Crippen molar-refractivity contribution >= 4 is 23.4 Å². The van der Waals surface area contributed by atoms with E-state index in [1.165, 1.54) is 0 Å². The molecule has 1 aromatic heterocycles. The fourth-order valence-electron chi connectivity index (χ4n) is 2.23. The van der Waals surface area contributed by atoms with E-state index < -0.39 is 0 Å². The number of nitrogens with zero attached hydrogens (tertiary/aromatic N) is 2. The molecular weight excluding hydrogens is 338 g/mol. The summed E-state index contributed by atoms with van der Waals surface area (Å²) in [6.07, 6.45) is 0. The van der Waals surface area contributed by atoms with Crippen LogP contribution in [0.2, 0.25) is 0 Å². The van der Waals surface area contributed by atoms with Gasteiger partial charge in [-0.3, -0.25) is 4.79 Å². The van der Waals surface area contributed by atoms with Crippen LogP contribution in [-0.4, -0.2) is 27.0 Å². The molecule has 0 atom stereocenters. The number of phenolic OH excluding ortho intramolecular Hbond substituents is 1. The molecule has 0 saturated heterocycles. The number of carbonyl (C=O) groups excluding carboxylic acids is 1. The monoisotopic (exact) mass is 355 g/mol. The first kappa shape index (κ1) is 17.0. The zero-order valence-electron chi connectivity index (χ0n) is 13.8. The second-order valence-electron chi connectivity index (χ2n) is 5.47. The number of phenols is 1. The predicted octanol–water partition coefficient (Wildman–Crippen LogP) is 3.79. The molecule has 0 aliphatic heterocycles. The zero-order chi connectivity index (χ0) is 17.8. The number of hydrogen-bond acceptors (Lipinski definition) is 6. The number of carbonyl (C=O) groups is 1. The van der Waals surface area contributed by atoms with Crippen molar-refractivity contribution in [2.45, 2.75) is 19.1 Å². The van der Waals surface area contributed by atoms with Crippen LogP contribution in [0.15, 0.2) is 52.1 Å². The standard InChI is InChI=1S/C18H17N3O3S/c1-11-6-5-8-14(12(11)2)19-16(23)10-25-18-21-20-17(24-18)13-7-3-4-9-15(13)22/h3-9,22H,10H2,1-2H3,(H,19,23). The SMILES string of the molecule is Cc1cccc(NC(=O)CSc2nnc(-c3ccccc3O)o2)c1C. The molecule has 0 aliphatic carbocycles. The third-order valence-corrected chi connectivity index (χ3v) is 4.56. The maximum Gasteiger partial charge on any atom is 0.277 e. The molecule has 6 nitrogen and oxygen atoms in total. The number of hydrogen-bond donors (Lipinski definition) is 2. The lowest BCUT2D eigenvalue weighted by Gasteiger charge is -2.09. The number of para-hydroxylation sites is 1. The number of benzene rings is 2. The molecular formula is C18H17N3O3S. The molecule has 2 N–H and O–H groups in total. The van der Waals surface area contributed by atoms with Gasteiger partial charge in [0.05, 0.1) is 11.3 Å². The summed E-state index contributed by atoms with van der Waals surface area (Å²) in [5, 5.41) is 20.8. The lowest BCUT2D eigenvalue weighted by molar-refractivity contribution is -0.113. The number of rotatable bonds is 5. The van der Waals surface area contributed by atoms with Crippen LogP contribution in [0.4, 0.5) is 5.69 Å². The van der Waals surface area contributed by atoms with Crippen molar-refractivity contribution in [3.8, 4) is 17.2 Å². The van der Waals surface area contributed by atoms with Crippen LogP contribution < -0.4 is 5.32 Å². The lowest BCUT2D eigenvalue weighted by Crippen LogP contribution is -2.15. The third kappa shape index (κ3) is 4.00. The van der Waals surface area contributed by atoms with Crippen LogP contribution >= 0.6 is 11.8 Å². The van der Waals surface area contributed by atoms with Gasteiger partial charge in [-0.15, -0.1) is 10.2 Å². The molecule has 1 amide bonds. The van der Waals surface area contributed by atoms with E-state index in [9.17, 15) is 9.90 Å². The molecule has 2 aromatic carbocycles. The summed E-state index contributed by atoms with van der Waals surface area (Å²) in [5.74, 6) is 0.280. The van der Waals surface area contributed by atoms with Gasteiger partial charge in [0.15, 0.2) is 0 Å². The van der Waals surface area contributed by atoms with Gasteiger partial charge in [-0.25, -0.2) is 0 Å². The normalized spacial score (nSPS) is 10.6. The first-order chi connectivity index (χ1) is 12.0. The Kier molecular flexibility index (Phi) is 5.04. The van der Waals surface area contributed by atoms with Crippen LogP contribution in [0.5, 0.6) is 5.75 Å². The number of amides is 1. The van der Waals surface area contributed by atoms with Crippen molar-refractivity contribution < 1.29 is 14.3 Å². The van der Waals surface area contributed by atoms with Crippen molar-refractivity contribution in [3.63, 3.8) is 0 Å². The number of nitrogens with one attached hydrogen (secondary N) is 1. The molecule has 0 unspecified atom stereocenters. The lowest BCUT2D eigenvalue weighted by atomic mass is 10.1. The summed E-state index contributed by atoms with van der Waals surface area (Å²) in [7, 11) is 0. The Balaban J connectivity index is 1.62. The topological polar surface area (TPSA) is 88.2 Å². The maximum absolute atomic E-state index is 12.1. The van der Waals surface area contributed by atoms with E-state index in [4.69, 9.17) is 4.42 Å². The smallest absolute Gasteiger partial charge is 0.277 e. The van der Waals surface area contributed by atoms with Gasteiger partial charge < -0.3 is 14.8 Å². The van der Waals surface area contributed by atoms with E-state index in [-0.39, 0.29) is 28.5 Å². The van der Waals surface area contributed by atoms with E-state index >= 15 is 0 Å². The van der Waals surface area contributed by atoms with Crippen LogP contribution in [0.1, 0.15) is 11.1 Å². The molecule has 0 spiro atoms. The van der Waals surface area contributed by atoms with Crippen molar-refractivity contribution in [2.24, 2.45) is 0 Å². The highest BCUT2D eigenvalue weighted by Gasteiger charge is 2.14. The minimum atomic E-state index is -0.152. The Morgan fingerprint density at radius 2 is 1.96 bits per heavy atom. The number of aromatic hydroxyl groups is 1. The number of aryl methyl sites for hydroxylation is 1. The minimum absolute atomic E-state index is 0.0652. The second-order valence-corrected chi connectivity index (χ2v) is 6.40. The van der Waals surface area contributed by atoms with E-state index in [1.54, 1.807) is 24.3 Å². The third-order valence-electron chi connectivity index (χ3n) is 3.75. The van der Waals surface area contributed by atoms with Gasteiger partial charge in [-0.1, -0.05) is 36.0 Å². The van der Waals surface area contributed by atoms with Crippen LogP contribution in [-0.2, 0) is 4.79 Å². The van der Waals surface area contributed by atoms with Gasteiger partial charge in [0.2, 0.25) is 5.91 Å². The van der Waals surface area contributed by atoms with Crippen molar-refractivity contribution in [3.05, 3.63) is 53.6 Å². The van der Waals surface area contributed by atoms with E-state index in [0.29, 0.717) is 5.56 Å². The number of thioether (sulfide) groups is 1. The highest BCUT2D eigenvalue weighted by atomic mass is 32.2. The van der Waals surface area contributed by atoms with E-state index in [1.807, 2.05) is 32.0 Å². The molecule has 3 aromatic rings. The molecule has 0 bridgehead atoms. The maximum atomic E-state index is 12.1. The van der Waals surface area contributed by atoms with Gasteiger partial charge in [0.25, 0.3) is 11.1 Å². The molecule has 0 aliphatic rings. The Hall–Kier alpha value is -2.80. The molecule has 25 heavy (non-hydrogen) atoms. The molecule has 0 radical (unpaired) electrons. The Labute approximate surface area is 149 Å². The molecule has 0 fully saturated rings. The van der Waals surface area contributed by atoms with Gasteiger partial charge in [-0.05, 0) is 43.2 Å². The predicted molar refractivity (Wildman–Crippen MR) is 96.7 cm³/mol. The van der Waals surface area contributed by atoms with Gasteiger partial charge >= 0.3 is 0 Å². The summed E-state index contributed by atoms with van der Waals surface area (Å²) in [4.78, 5) is 12.1. The molecule has 1 heterocycles. The van der Waals surface area contributed by atoms with Crippen molar-refractivity contribution in [1.82, 2.24) is 10.2 Å². The Morgan fingerprint density at radius 3 is 2.76 bits per heavy atom. The average Bonchev–Trinajstić information content (AvgIpc) is 3.06. The van der Waals surface area contributed by atoms with E-state index in [0.717, 1.165) is 28.6 Å². The first-order valence-corrected chi connectivity index (χ1v) is 8.64. The minimum Gasteiger partial charge on any atom is -0.507 e. The highest BCUT2D eigenvalue weighted by Crippen LogP contribution is 2.29. The largest absolute Gasteiger partial charge is 0.507 e. The van der Waals surface area contributed by atoms with Crippen LogP contribution in [0.25, 0.3) is 11.5 Å². The number of anilines is 1. The van der Waals surface area contributed by atoms with Crippen LogP contribution in [0.3, 0.4) is 0 Å².